The summed E-state index contributed by atoms with van der Waals surface area (Å²) in [5.41, 5.74) is 38.9. The van der Waals surface area contributed by atoms with E-state index in [1.807, 2.05) is 0 Å². The average molecular weight is 1600 g/mol. The van der Waals surface area contributed by atoms with Crippen molar-refractivity contribution >= 4 is 123 Å². The number of aromatic nitrogens is 3. The zero-order valence-corrected chi connectivity index (χ0v) is 72.6. The van der Waals surface area contributed by atoms with E-state index < -0.39 is 0 Å². The molecular formula is C118H98BN5. The lowest BCUT2D eigenvalue weighted by molar-refractivity contribution is 0.590. The SMILES string of the molecule is CC(C)(C)c1ccc(-c2cccc(-c3ccc(C(C)(C)C)cc3)c2N2c3ccc(-c4cccc5c4c4ccccc4n5-c4ccccc4)cc3B3c4cc(-c5cccc6c5c5ccccc5n6-c5ccccc5)ccc4N(c4c(-c5ccc(C(C)(C)C)cc5)cccc4-c4ccc(C(C)(C)C)cc4)c4cc(-n5c6ccccc6c6ccccc65)cc2c43)cc1. The minimum Gasteiger partial charge on any atom is -0.310 e. The Morgan fingerprint density at radius 1 is 0.202 bits per heavy atom. The molecule has 0 unspecified atom stereocenters. The predicted octanol–water partition coefficient (Wildman–Crippen LogP) is 30.3. The van der Waals surface area contributed by atoms with E-state index >= 15 is 0 Å². The van der Waals surface area contributed by atoms with Crippen LogP contribution in [0.4, 0.5) is 34.1 Å². The van der Waals surface area contributed by atoms with Crippen LogP contribution in [0.3, 0.4) is 0 Å². The van der Waals surface area contributed by atoms with Crippen LogP contribution in [0.25, 0.3) is 149 Å². The zero-order valence-electron chi connectivity index (χ0n) is 72.6. The Morgan fingerprint density at radius 2 is 0.468 bits per heavy atom. The van der Waals surface area contributed by atoms with Crippen LogP contribution in [-0.4, -0.2) is 20.4 Å². The molecule has 0 radical (unpaired) electrons. The molecule has 0 amide bonds. The highest BCUT2D eigenvalue weighted by Crippen LogP contribution is 2.56. The van der Waals surface area contributed by atoms with E-state index in [2.05, 4.69) is 483 Å². The monoisotopic (exact) mass is 1600 g/mol. The summed E-state index contributed by atoms with van der Waals surface area (Å²) in [4.78, 5) is 5.48. The van der Waals surface area contributed by atoms with Gasteiger partial charge in [-0.2, -0.15) is 0 Å². The molecule has 17 aromatic carbocycles. The van der Waals surface area contributed by atoms with E-state index in [1.54, 1.807) is 0 Å². The van der Waals surface area contributed by atoms with Crippen LogP contribution >= 0.6 is 0 Å². The van der Waals surface area contributed by atoms with Gasteiger partial charge in [0.15, 0.2) is 0 Å². The van der Waals surface area contributed by atoms with Gasteiger partial charge in [-0.05, 0) is 190 Å². The van der Waals surface area contributed by atoms with Crippen LogP contribution in [0.2, 0.25) is 0 Å². The van der Waals surface area contributed by atoms with Gasteiger partial charge in [0.05, 0.1) is 50.2 Å². The van der Waals surface area contributed by atoms with Crippen molar-refractivity contribution in [3.63, 3.8) is 0 Å². The summed E-state index contributed by atoms with van der Waals surface area (Å²) in [5.74, 6) is 0. The van der Waals surface area contributed by atoms with Gasteiger partial charge in [-0.15, -0.1) is 0 Å². The topological polar surface area (TPSA) is 21.3 Å². The van der Waals surface area contributed by atoms with Crippen LogP contribution in [0.1, 0.15) is 105 Å². The smallest absolute Gasteiger partial charge is 0.252 e. The maximum Gasteiger partial charge on any atom is 0.252 e. The Labute approximate surface area is 728 Å². The van der Waals surface area contributed by atoms with Crippen molar-refractivity contribution in [2.24, 2.45) is 0 Å². The molecule has 0 fully saturated rings. The average Bonchev–Trinajstić information content (AvgIpc) is 1.60. The molecule has 6 heteroatoms. The number of nitrogens with zero attached hydrogens (tertiary/aromatic N) is 5. The second kappa shape index (κ2) is 28.7. The number of rotatable bonds is 11. The molecule has 5 heterocycles. The molecule has 598 valence electrons. The molecule has 0 spiro atoms. The second-order valence-corrected chi connectivity index (χ2v) is 38.4. The van der Waals surface area contributed by atoms with Gasteiger partial charge in [0.2, 0.25) is 0 Å². The molecule has 0 aliphatic carbocycles. The minimum absolute atomic E-state index is 0.0799. The highest BCUT2D eigenvalue weighted by molar-refractivity contribution is 7.00. The Balaban J connectivity index is 0.929. The summed E-state index contributed by atoms with van der Waals surface area (Å²) < 4.78 is 7.48. The van der Waals surface area contributed by atoms with Crippen molar-refractivity contribution in [1.82, 2.24) is 13.7 Å². The normalized spacial score (nSPS) is 13.0. The predicted molar refractivity (Wildman–Crippen MR) is 531 cm³/mol. The first-order valence-corrected chi connectivity index (χ1v) is 44.0. The van der Waals surface area contributed by atoms with Crippen LogP contribution in [0, 0.1) is 0 Å². The lowest BCUT2D eigenvalue weighted by Gasteiger charge is -2.46. The third kappa shape index (κ3) is 12.3. The van der Waals surface area contributed by atoms with Crippen molar-refractivity contribution in [2.75, 3.05) is 9.80 Å². The van der Waals surface area contributed by atoms with Crippen LogP contribution in [-0.2, 0) is 21.7 Å². The van der Waals surface area contributed by atoms with Crippen molar-refractivity contribution in [3.05, 3.63) is 398 Å². The Hall–Kier alpha value is -14.2. The highest BCUT2D eigenvalue weighted by atomic mass is 15.2. The third-order valence-corrected chi connectivity index (χ3v) is 26.7. The van der Waals surface area contributed by atoms with Crippen molar-refractivity contribution in [2.45, 2.75) is 105 Å². The summed E-state index contributed by atoms with van der Waals surface area (Å²) >= 11 is 0. The molecule has 2 aliphatic rings. The molecule has 0 saturated heterocycles. The van der Waals surface area contributed by atoms with E-state index in [0.717, 1.165) is 129 Å². The quantitative estimate of drug-likeness (QED) is 0.120. The van der Waals surface area contributed by atoms with E-state index in [0.29, 0.717) is 0 Å². The van der Waals surface area contributed by atoms with Gasteiger partial charge < -0.3 is 23.5 Å². The summed E-state index contributed by atoms with van der Waals surface area (Å²) in [5, 5.41) is 7.24. The van der Waals surface area contributed by atoms with E-state index in [-0.39, 0.29) is 28.4 Å². The first-order valence-electron chi connectivity index (χ1n) is 44.0. The standard InChI is InChI=1S/C118H98BN5/c1-115(2,3)81-61-51-75(52-62-81)90-41-27-42-91(76-53-63-82(64-54-76)116(4,5)6)113(90)123-104-69-59-79(88-39-29-49-106-110(88)96-37-21-25-47-102(96)120(106)85-31-15-13-16-32-85)71-98(104)119-99-72-80(89-40-30-50-107-111(89)97-38-22-26-48-103(97)121(107)86-33-17-14-18-34-86)60-70-105(99)124(109-74-87(73-108(123)112(109)119)122-100-45-23-19-35-94(100)95-36-20-24-46-101(95)122)114-92(77-55-65-83(66-56-77)117(7,8)9)43-28-44-93(114)78-57-67-84(68-58-78)118(10,11)12/h13-74H,1-12H3. The number of benzene rings is 17. The van der Waals surface area contributed by atoms with E-state index in [4.69, 9.17) is 0 Å². The van der Waals surface area contributed by atoms with Crippen molar-refractivity contribution in [1.29, 1.82) is 0 Å². The van der Waals surface area contributed by atoms with Gasteiger partial charge in [0.25, 0.3) is 6.71 Å². The summed E-state index contributed by atoms with van der Waals surface area (Å²) in [6, 6.07) is 144. The molecule has 0 bridgehead atoms. The largest absolute Gasteiger partial charge is 0.310 e. The number of anilines is 6. The van der Waals surface area contributed by atoms with Crippen LogP contribution < -0.4 is 26.2 Å². The summed E-state index contributed by atoms with van der Waals surface area (Å²) in [6.45, 7) is 27.5. The molecule has 0 atom stereocenters. The summed E-state index contributed by atoms with van der Waals surface area (Å²) in [6.07, 6.45) is 0. The molecule has 0 N–H and O–H groups in total. The Bertz CT molecular complexity index is 7060. The molecule has 20 aromatic rings. The van der Waals surface area contributed by atoms with Gasteiger partial charge in [0.1, 0.15) is 0 Å². The first-order chi connectivity index (χ1) is 60.1. The lowest BCUT2D eigenvalue weighted by Crippen LogP contribution is -2.61. The second-order valence-electron chi connectivity index (χ2n) is 38.4. The molecule has 124 heavy (non-hydrogen) atoms. The highest BCUT2D eigenvalue weighted by Gasteiger charge is 2.47. The number of para-hydroxylation sites is 8. The number of hydrogen-bond donors (Lipinski definition) is 0. The van der Waals surface area contributed by atoms with Crippen molar-refractivity contribution < 1.29 is 0 Å². The van der Waals surface area contributed by atoms with Crippen LogP contribution in [0.5, 0.6) is 0 Å². The minimum atomic E-state index is -0.384. The van der Waals surface area contributed by atoms with E-state index in [1.165, 1.54) is 93.1 Å². The van der Waals surface area contributed by atoms with Gasteiger partial charge >= 0.3 is 0 Å². The maximum absolute atomic E-state index is 2.74. The molecule has 0 saturated carbocycles. The zero-order chi connectivity index (χ0) is 84.4. The van der Waals surface area contributed by atoms with Crippen molar-refractivity contribution in [3.8, 4) is 83.8 Å². The first kappa shape index (κ1) is 76.0. The fourth-order valence-corrected chi connectivity index (χ4v) is 20.5. The van der Waals surface area contributed by atoms with Gasteiger partial charge in [0, 0.05) is 88.7 Å². The van der Waals surface area contributed by atoms with Gasteiger partial charge in [-0.25, -0.2) is 0 Å². The molecule has 2 aliphatic heterocycles. The van der Waals surface area contributed by atoms with Gasteiger partial charge in [-0.1, -0.05) is 374 Å². The molecule has 3 aromatic heterocycles. The maximum atomic E-state index is 2.74. The van der Waals surface area contributed by atoms with E-state index in [9.17, 15) is 0 Å². The van der Waals surface area contributed by atoms with Gasteiger partial charge in [-0.3, -0.25) is 0 Å². The number of fused-ring (bicyclic) bond motifs is 13. The fourth-order valence-electron chi connectivity index (χ4n) is 20.5. The fraction of sp³-hybridized carbons (Fsp3) is 0.136. The molecule has 22 rings (SSSR count). The summed E-state index contributed by atoms with van der Waals surface area (Å²) in [7, 11) is 0. The Kier molecular flexibility index (Phi) is 17.6. The molecule has 5 nitrogen and oxygen atoms in total. The lowest BCUT2D eigenvalue weighted by atomic mass is 9.33. The molecular weight excluding hydrogens is 1500 g/mol. The third-order valence-electron chi connectivity index (χ3n) is 26.7. The number of hydrogen-bond acceptors (Lipinski definition) is 2. The Morgan fingerprint density at radius 3 is 0.798 bits per heavy atom. The van der Waals surface area contributed by atoms with Crippen LogP contribution in [0.15, 0.2) is 376 Å².